The summed E-state index contributed by atoms with van der Waals surface area (Å²) in [6.45, 7) is 0.483. The van der Waals surface area contributed by atoms with Gasteiger partial charge in [-0.25, -0.2) is 0 Å². The number of anilines is 1. The summed E-state index contributed by atoms with van der Waals surface area (Å²) in [5, 5.41) is 12.0. The Morgan fingerprint density at radius 1 is 1.40 bits per heavy atom. The highest BCUT2D eigenvalue weighted by Crippen LogP contribution is 2.29. The molecule has 0 aliphatic rings. The molecule has 0 heterocycles. The van der Waals surface area contributed by atoms with Gasteiger partial charge in [-0.05, 0) is 31.7 Å². The molecule has 0 aromatic heterocycles. The number of nitrogens with one attached hydrogen (secondary N) is 1. The van der Waals surface area contributed by atoms with E-state index in [-0.39, 0.29) is 19.2 Å². The molecule has 114 valence electrons. The van der Waals surface area contributed by atoms with Gasteiger partial charge in [0.05, 0.1) is 6.61 Å². The lowest BCUT2D eigenvalue weighted by Gasteiger charge is -2.26. The maximum Gasteiger partial charge on any atom is 0.405 e. The largest absolute Gasteiger partial charge is 0.405 e. The molecule has 0 fully saturated rings. The molecule has 0 radical (unpaired) electrons. The van der Waals surface area contributed by atoms with Gasteiger partial charge in [0, 0.05) is 22.7 Å². The van der Waals surface area contributed by atoms with E-state index in [1.165, 1.54) is 0 Å². The van der Waals surface area contributed by atoms with Gasteiger partial charge >= 0.3 is 6.18 Å². The molecule has 0 aliphatic heterocycles. The Kier molecular flexibility index (Phi) is 6.29. The van der Waals surface area contributed by atoms with Crippen molar-refractivity contribution in [3.63, 3.8) is 0 Å². The molecule has 1 aromatic rings. The Morgan fingerprint density at radius 2 is 2.05 bits per heavy atom. The van der Waals surface area contributed by atoms with E-state index < -0.39 is 12.7 Å². The molecular formula is C13H18BrF3N2O. The van der Waals surface area contributed by atoms with E-state index in [4.69, 9.17) is 5.11 Å². The molecule has 2 N–H and O–H groups in total. The van der Waals surface area contributed by atoms with Crippen LogP contribution in [0, 0.1) is 0 Å². The number of alkyl halides is 3. The van der Waals surface area contributed by atoms with Gasteiger partial charge in [-0.15, -0.1) is 0 Å². The van der Waals surface area contributed by atoms with Gasteiger partial charge in [-0.3, -0.25) is 0 Å². The molecule has 0 spiro atoms. The summed E-state index contributed by atoms with van der Waals surface area (Å²) in [5.41, 5.74) is 1.39. The second-order valence-corrected chi connectivity index (χ2v) is 5.33. The maximum absolute atomic E-state index is 12.5. The average molecular weight is 355 g/mol. The molecular weight excluding hydrogens is 337 g/mol. The van der Waals surface area contributed by atoms with Crippen molar-refractivity contribution in [1.82, 2.24) is 5.32 Å². The molecule has 7 heteroatoms. The van der Waals surface area contributed by atoms with Crippen LogP contribution in [0.2, 0.25) is 0 Å². The quantitative estimate of drug-likeness (QED) is 0.823. The Balaban J connectivity index is 3.00. The fourth-order valence-electron chi connectivity index (χ4n) is 1.86. The summed E-state index contributed by atoms with van der Waals surface area (Å²) in [5.74, 6) is 0. The Labute approximate surface area is 124 Å². The van der Waals surface area contributed by atoms with Crippen molar-refractivity contribution < 1.29 is 18.3 Å². The zero-order valence-electron chi connectivity index (χ0n) is 11.3. The van der Waals surface area contributed by atoms with Crippen molar-refractivity contribution in [2.45, 2.75) is 19.1 Å². The minimum absolute atomic E-state index is 0.0626. The SMILES string of the molecule is CNC(C)c1ccc(N(CCO)CC(F)(F)F)cc1Br. The van der Waals surface area contributed by atoms with Crippen LogP contribution in [0.1, 0.15) is 18.5 Å². The van der Waals surface area contributed by atoms with Gasteiger partial charge in [0.2, 0.25) is 0 Å². The van der Waals surface area contributed by atoms with E-state index in [1.807, 2.05) is 14.0 Å². The topological polar surface area (TPSA) is 35.5 Å². The summed E-state index contributed by atoms with van der Waals surface area (Å²) < 4.78 is 38.3. The minimum Gasteiger partial charge on any atom is -0.395 e. The second kappa shape index (κ2) is 7.28. The number of nitrogens with zero attached hydrogens (tertiary/aromatic N) is 1. The van der Waals surface area contributed by atoms with Gasteiger partial charge in [-0.1, -0.05) is 22.0 Å². The molecule has 1 aromatic carbocycles. The first-order valence-electron chi connectivity index (χ1n) is 6.17. The number of hydrogen-bond donors (Lipinski definition) is 2. The van der Waals surface area contributed by atoms with Crippen LogP contribution in [0.15, 0.2) is 22.7 Å². The van der Waals surface area contributed by atoms with Crippen LogP contribution in [0.3, 0.4) is 0 Å². The molecule has 1 unspecified atom stereocenters. The average Bonchev–Trinajstić information content (AvgIpc) is 2.35. The molecule has 0 amide bonds. The Hall–Kier alpha value is -0.790. The first kappa shape index (κ1) is 17.3. The molecule has 20 heavy (non-hydrogen) atoms. The van der Waals surface area contributed by atoms with Crippen molar-refractivity contribution in [3.8, 4) is 0 Å². The van der Waals surface area contributed by atoms with E-state index in [0.717, 1.165) is 14.9 Å². The van der Waals surface area contributed by atoms with E-state index in [9.17, 15) is 13.2 Å². The molecule has 1 rings (SSSR count). The number of rotatable bonds is 6. The van der Waals surface area contributed by atoms with Crippen molar-refractivity contribution >= 4 is 21.6 Å². The predicted molar refractivity (Wildman–Crippen MR) is 77.0 cm³/mol. The summed E-state index contributed by atoms with van der Waals surface area (Å²) in [6, 6.07) is 5.15. The molecule has 3 nitrogen and oxygen atoms in total. The number of aliphatic hydroxyl groups excluding tert-OH is 1. The summed E-state index contributed by atoms with van der Waals surface area (Å²) in [4.78, 5) is 1.11. The van der Waals surface area contributed by atoms with Crippen LogP contribution in [0.5, 0.6) is 0 Å². The summed E-state index contributed by atoms with van der Waals surface area (Å²) >= 11 is 3.38. The monoisotopic (exact) mass is 354 g/mol. The third-order valence-electron chi connectivity index (χ3n) is 2.99. The smallest absolute Gasteiger partial charge is 0.395 e. The molecule has 0 saturated carbocycles. The summed E-state index contributed by atoms with van der Waals surface area (Å²) in [6.07, 6.45) is -4.31. The normalized spacial score (nSPS) is 13.3. The summed E-state index contributed by atoms with van der Waals surface area (Å²) in [7, 11) is 1.81. The van der Waals surface area contributed by atoms with Crippen LogP contribution in [-0.4, -0.2) is 38.0 Å². The fraction of sp³-hybridized carbons (Fsp3) is 0.538. The Morgan fingerprint density at radius 3 is 2.50 bits per heavy atom. The number of hydrogen-bond acceptors (Lipinski definition) is 3. The van der Waals surface area contributed by atoms with Crippen molar-refractivity contribution in [2.75, 3.05) is 31.6 Å². The van der Waals surface area contributed by atoms with Gasteiger partial charge in [0.1, 0.15) is 6.54 Å². The minimum atomic E-state index is -4.31. The molecule has 0 bridgehead atoms. The van der Waals surface area contributed by atoms with Crippen LogP contribution in [0.4, 0.5) is 18.9 Å². The number of halogens is 4. The third-order valence-corrected chi connectivity index (χ3v) is 3.68. The van der Waals surface area contributed by atoms with Crippen LogP contribution in [-0.2, 0) is 0 Å². The van der Waals surface area contributed by atoms with E-state index in [2.05, 4.69) is 21.2 Å². The Bertz CT molecular complexity index is 440. The lowest BCUT2D eigenvalue weighted by Crippen LogP contribution is -2.36. The lowest BCUT2D eigenvalue weighted by atomic mass is 10.1. The second-order valence-electron chi connectivity index (χ2n) is 4.48. The first-order valence-corrected chi connectivity index (χ1v) is 6.97. The molecule has 1 atom stereocenters. The van der Waals surface area contributed by atoms with E-state index in [0.29, 0.717) is 5.69 Å². The predicted octanol–water partition coefficient (Wildman–Crippen LogP) is 3.09. The third kappa shape index (κ3) is 4.96. The highest BCUT2D eigenvalue weighted by Gasteiger charge is 2.31. The van der Waals surface area contributed by atoms with Gasteiger partial charge in [-0.2, -0.15) is 13.2 Å². The highest BCUT2D eigenvalue weighted by molar-refractivity contribution is 9.10. The van der Waals surface area contributed by atoms with E-state index >= 15 is 0 Å². The van der Waals surface area contributed by atoms with Crippen molar-refractivity contribution in [3.05, 3.63) is 28.2 Å². The standard InChI is InChI=1S/C13H18BrF3N2O/c1-9(18-2)11-4-3-10(7-12(11)14)19(5-6-20)8-13(15,16)17/h3-4,7,9,18,20H,5-6,8H2,1-2H3. The van der Waals surface area contributed by atoms with Gasteiger partial charge in [0.25, 0.3) is 0 Å². The number of aliphatic hydroxyl groups is 1. The van der Waals surface area contributed by atoms with Crippen LogP contribution in [0.25, 0.3) is 0 Å². The number of benzene rings is 1. The maximum atomic E-state index is 12.5. The van der Waals surface area contributed by atoms with Gasteiger partial charge < -0.3 is 15.3 Å². The first-order chi connectivity index (χ1) is 9.28. The van der Waals surface area contributed by atoms with E-state index in [1.54, 1.807) is 18.2 Å². The highest BCUT2D eigenvalue weighted by atomic mass is 79.9. The van der Waals surface area contributed by atoms with Gasteiger partial charge in [0.15, 0.2) is 0 Å². The van der Waals surface area contributed by atoms with Crippen molar-refractivity contribution in [2.24, 2.45) is 0 Å². The van der Waals surface area contributed by atoms with Crippen LogP contribution < -0.4 is 10.2 Å². The molecule has 0 aliphatic carbocycles. The zero-order valence-corrected chi connectivity index (χ0v) is 12.9. The van der Waals surface area contributed by atoms with Crippen LogP contribution >= 0.6 is 15.9 Å². The molecule has 0 saturated heterocycles. The lowest BCUT2D eigenvalue weighted by molar-refractivity contribution is -0.119. The van der Waals surface area contributed by atoms with Crippen molar-refractivity contribution in [1.29, 1.82) is 0 Å². The zero-order chi connectivity index (χ0) is 15.3. The fourth-order valence-corrected chi connectivity index (χ4v) is 2.57.